The third kappa shape index (κ3) is 4.49. The molecule has 1 saturated heterocycles. The summed E-state index contributed by atoms with van der Waals surface area (Å²) in [6.45, 7) is 10.2. The van der Waals surface area contributed by atoms with E-state index in [0.717, 1.165) is 0 Å². The summed E-state index contributed by atoms with van der Waals surface area (Å²) in [7, 11) is -2.29. The molecule has 10 nitrogen and oxygen atoms in total. The fraction of sp³-hybridized carbons (Fsp3) is 0.478. The highest BCUT2D eigenvalue weighted by Crippen LogP contribution is 2.42. The van der Waals surface area contributed by atoms with Gasteiger partial charge in [0.1, 0.15) is 24.6 Å². The summed E-state index contributed by atoms with van der Waals surface area (Å²) in [5.41, 5.74) is 1.28. The Kier molecular flexibility index (Phi) is 6.58. The van der Waals surface area contributed by atoms with Gasteiger partial charge in [-0.1, -0.05) is 39.0 Å². The van der Waals surface area contributed by atoms with Crippen LogP contribution in [0.4, 0.5) is 5.82 Å². The third-order valence-corrected chi connectivity index (χ3v) is 11.1. The number of anilines is 1. The van der Waals surface area contributed by atoms with Crippen molar-refractivity contribution in [3.8, 4) is 0 Å². The van der Waals surface area contributed by atoms with Crippen molar-refractivity contribution in [2.75, 3.05) is 11.9 Å². The van der Waals surface area contributed by atoms with Crippen LogP contribution >= 0.6 is 0 Å². The zero-order valence-corrected chi connectivity index (χ0v) is 21.0. The van der Waals surface area contributed by atoms with Gasteiger partial charge < -0.3 is 24.7 Å². The zero-order chi connectivity index (χ0) is 24.7. The number of aliphatic hydroxyl groups excluding tert-OH is 2. The highest BCUT2D eigenvalue weighted by atomic mass is 28.4. The molecule has 4 unspecified atom stereocenters. The second kappa shape index (κ2) is 9.15. The minimum Gasteiger partial charge on any atom is -0.407 e. The number of carbonyl (C=O) groups excluding carboxylic acids is 1. The van der Waals surface area contributed by atoms with Crippen LogP contribution in [0.2, 0.25) is 18.1 Å². The van der Waals surface area contributed by atoms with E-state index in [0.29, 0.717) is 16.7 Å². The molecule has 4 rings (SSSR count). The molecule has 1 aliphatic rings. The SMILES string of the molecule is CC(C)(C)[Si](C)(C)OC1C(O)C(CO)OC1n1cnc2c(NC(=O)c3ccccc3)ncnc21. The van der Waals surface area contributed by atoms with Crippen LogP contribution in [0, 0.1) is 0 Å². The number of hydrogen-bond acceptors (Lipinski definition) is 8. The first-order valence-electron chi connectivity index (χ1n) is 11.2. The van der Waals surface area contributed by atoms with Gasteiger partial charge in [0.15, 0.2) is 31.5 Å². The molecule has 1 aliphatic heterocycles. The predicted octanol–water partition coefficient (Wildman–Crippen LogP) is 2.72. The van der Waals surface area contributed by atoms with Crippen LogP contribution in [0.5, 0.6) is 0 Å². The number of fused-ring (bicyclic) bond motifs is 1. The maximum absolute atomic E-state index is 12.6. The first-order valence-corrected chi connectivity index (χ1v) is 14.1. The second-order valence-electron chi connectivity index (χ2n) is 9.95. The average Bonchev–Trinajstić information content (AvgIpc) is 3.35. The summed E-state index contributed by atoms with van der Waals surface area (Å²) in [4.78, 5) is 25.6. The molecule has 34 heavy (non-hydrogen) atoms. The molecule has 182 valence electrons. The fourth-order valence-electron chi connectivity index (χ4n) is 3.64. The number of nitrogens with one attached hydrogen (secondary N) is 1. The molecule has 1 aromatic carbocycles. The minimum absolute atomic E-state index is 0.0946. The highest BCUT2D eigenvalue weighted by molar-refractivity contribution is 6.74. The molecule has 0 radical (unpaired) electrons. The van der Waals surface area contributed by atoms with Gasteiger partial charge in [0.2, 0.25) is 0 Å². The summed E-state index contributed by atoms with van der Waals surface area (Å²) in [6, 6.07) is 8.80. The Bertz CT molecular complexity index is 1160. The Morgan fingerprint density at radius 1 is 1.21 bits per heavy atom. The monoisotopic (exact) mass is 485 g/mol. The molecule has 0 bridgehead atoms. The Morgan fingerprint density at radius 2 is 1.91 bits per heavy atom. The number of hydrogen-bond donors (Lipinski definition) is 3. The lowest BCUT2D eigenvalue weighted by atomic mass is 10.1. The Hall–Kier alpha value is -2.70. The van der Waals surface area contributed by atoms with Crippen LogP contribution in [-0.4, -0.2) is 68.9 Å². The van der Waals surface area contributed by atoms with Crippen molar-refractivity contribution in [3.05, 3.63) is 48.5 Å². The normalized spacial score (nSPS) is 23.4. The van der Waals surface area contributed by atoms with Gasteiger partial charge in [-0.2, -0.15) is 0 Å². The molecule has 3 N–H and O–H groups in total. The number of nitrogens with zero attached hydrogens (tertiary/aromatic N) is 4. The number of imidazole rings is 1. The van der Waals surface area contributed by atoms with E-state index in [1.165, 1.54) is 12.7 Å². The van der Waals surface area contributed by atoms with E-state index >= 15 is 0 Å². The van der Waals surface area contributed by atoms with E-state index in [9.17, 15) is 15.0 Å². The lowest BCUT2D eigenvalue weighted by Gasteiger charge is -2.40. The molecule has 1 fully saturated rings. The van der Waals surface area contributed by atoms with Crippen molar-refractivity contribution >= 4 is 31.2 Å². The number of ether oxygens (including phenoxy) is 1. The molecule has 4 atom stereocenters. The van der Waals surface area contributed by atoms with Crippen molar-refractivity contribution in [1.29, 1.82) is 0 Å². The van der Waals surface area contributed by atoms with Crippen molar-refractivity contribution in [2.45, 2.75) is 63.4 Å². The molecule has 1 amide bonds. The van der Waals surface area contributed by atoms with Crippen molar-refractivity contribution in [1.82, 2.24) is 19.5 Å². The molecule has 2 aromatic heterocycles. The number of carbonyl (C=O) groups is 1. The lowest BCUT2D eigenvalue weighted by Crippen LogP contribution is -2.48. The number of benzene rings is 1. The number of rotatable bonds is 6. The quantitative estimate of drug-likeness (QED) is 0.454. The fourth-order valence-corrected chi connectivity index (χ4v) is 4.93. The van der Waals surface area contributed by atoms with Gasteiger partial charge in [-0.25, -0.2) is 15.0 Å². The maximum atomic E-state index is 12.6. The summed E-state index contributed by atoms with van der Waals surface area (Å²) < 4.78 is 14.2. The lowest BCUT2D eigenvalue weighted by molar-refractivity contribution is -0.0497. The van der Waals surface area contributed by atoms with Gasteiger partial charge in [-0.3, -0.25) is 9.36 Å². The zero-order valence-electron chi connectivity index (χ0n) is 20.0. The number of amides is 1. The predicted molar refractivity (Wildman–Crippen MR) is 129 cm³/mol. The van der Waals surface area contributed by atoms with Crippen LogP contribution in [0.3, 0.4) is 0 Å². The minimum atomic E-state index is -2.29. The Morgan fingerprint density at radius 3 is 2.56 bits per heavy atom. The van der Waals surface area contributed by atoms with Crippen molar-refractivity contribution < 1.29 is 24.2 Å². The van der Waals surface area contributed by atoms with Gasteiger partial charge in [0.05, 0.1) is 12.9 Å². The largest absolute Gasteiger partial charge is 0.407 e. The highest BCUT2D eigenvalue weighted by Gasteiger charge is 2.50. The van der Waals surface area contributed by atoms with E-state index in [-0.39, 0.29) is 23.4 Å². The van der Waals surface area contributed by atoms with Crippen LogP contribution < -0.4 is 5.32 Å². The number of aliphatic hydroxyl groups is 2. The van der Waals surface area contributed by atoms with Crippen LogP contribution in [-0.2, 0) is 9.16 Å². The van der Waals surface area contributed by atoms with E-state index < -0.39 is 32.9 Å². The van der Waals surface area contributed by atoms with Gasteiger partial charge >= 0.3 is 0 Å². The molecule has 3 heterocycles. The van der Waals surface area contributed by atoms with Crippen molar-refractivity contribution in [2.24, 2.45) is 0 Å². The first kappa shape index (κ1) is 24.4. The Balaban J connectivity index is 1.68. The van der Waals surface area contributed by atoms with E-state index in [2.05, 4.69) is 54.1 Å². The van der Waals surface area contributed by atoms with Crippen LogP contribution in [0.15, 0.2) is 43.0 Å². The molecule has 3 aromatic rings. The molecule has 0 aliphatic carbocycles. The van der Waals surface area contributed by atoms with Crippen molar-refractivity contribution in [3.63, 3.8) is 0 Å². The maximum Gasteiger partial charge on any atom is 0.256 e. The van der Waals surface area contributed by atoms with Crippen LogP contribution in [0.25, 0.3) is 11.2 Å². The summed E-state index contributed by atoms with van der Waals surface area (Å²) in [6.07, 6.45) is -0.472. The number of aromatic nitrogens is 4. The van der Waals surface area contributed by atoms with E-state index in [1.54, 1.807) is 28.8 Å². The third-order valence-electron chi connectivity index (χ3n) is 6.63. The molecule has 0 saturated carbocycles. The first-order chi connectivity index (χ1) is 16.0. The summed E-state index contributed by atoms with van der Waals surface area (Å²) in [5, 5.41) is 23.4. The van der Waals surface area contributed by atoms with E-state index in [4.69, 9.17) is 9.16 Å². The Labute approximate surface area is 199 Å². The van der Waals surface area contributed by atoms with Gasteiger partial charge in [0.25, 0.3) is 5.91 Å². The molecule has 0 spiro atoms. The summed E-state index contributed by atoms with van der Waals surface area (Å²) in [5.74, 6) is -0.0566. The van der Waals surface area contributed by atoms with Crippen LogP contribution in [0.1, 0.15) is 37.4 Å². The average molecular weight is 486 g/mol. The van der Waals surface area contributed by atoms with Gasteiger partial charge in [-0.15, -0.1) is 0 Å². The second-order valence-corrected chi connectivity index (χ2v) is 14.7. The molecular weight excluding hydrogens is 454 g/mol. The van der Waals surface area contributed by atoms with E-state index in [1.807, 2.05) is 6.07 Å². The summed E-state index contributed by atoms with van der Waals surface area (Å²) >= 11 is 0. The topological polar surface area (TPSA) is 132 Å². The molecular formula is C23H31N5O5Si. The van der Waals surface area contributed by atoms with Gasteiger partial charge in [-0.05, 0) is 30.3 Å². The smallest absolute Gasteiger partial charge is 0.256 e. The molecule has 11 heteroatoms. The van der Waals surface area contributed by atoms with Gasteiger partial charge in [0, 0.05) is 5.56 Å². The standard InChI is InChI=1S/C23H31N5O5Si/c1-23(2,3)34(4,5)33-18-17(30)15(11-29)32-22(18)28-13-26-16-19(24-12-25-20(16)28)27-21(31)14-9-7-6-8-10-14/h6-10,12-13,15,17-18,22,29-30H,11H2,1-5H3,(H,24,25,27,31).